The molecular formula is C19H12F2N4OS. The number of hydrogen-bond donors (Lipinski definition) is 0. The number of halogens is 2. The molecule has 5 nitrogen and oxygen atoms in total. The van der Waals surface area contributed by atoms with Gasteiger partial charge in [0.25, 0.3) is 5.91 Å². The van der Waals surface area contributed by atoms with Crippen molar-refractivity contribution in [3.63, 3.8) is 0 Å². The predicted octanol–water partition coefficient (Wildman–Crippen LogP) is 4.21. The zero-order chi connectivity index (χ0) is 18.8. The SMILES string of the molecule is O=C(c1ccc(F)cc1)N(Cc1cncnc1)c1nc2ccc(F)cc2s1. The van der Waals surface area contributed by atoms with Gasteiger partial charge < -0.3 is 0 Å². The second-order valence-corrected chi connectivity index (χ2v) is 6.76. The molecule has 0 aliphatic rings. The van der Waals surface area contributed by atoms with Crippen molar-refractivity contribution in [3.8, 4) is 0 Å². The maximum atomic E-state index is 13.5. The third kappa shape index (κ3) is 3.65. The lowest BCUT2D eigenvalue weighted by atomic mass is 10.2. The van der Waals surface area contributed by atoms with Crippen molar-refractivity contribution in [1.29, 1.82) is 0 Å². The average Bonchev–Trinajstić information content (AvgIpc) is 3.10. The molecule has 0 N–H and O–H groups in total. The Morgan fingerprint density at radius 3 is 2.44 bits per heavy atom. The first kappa shape index (κ1) is 17.2. The molecular weight excluding hydrogens is 370 g/mol. The van der Waals surface area contributed by atoms with Crippen LogP contribution in [-0.2, 0) is 6.54 Å². The molecule has 0 bridgehead atoms. The van der Waals surface area contributed by atoms with Crippen LogP contribution in [0.5, 0.6) is 0 Å². The number of aromatic nitrogens is 3. The quantitative estimate of drug-likeness (QED) is 0.530. The van der Waals surface area contributed by atoms with E-state index in [0.717, 1.165) is 0 Å². The van der Waals surface area contributed by atoms with Crippen LogP contribution >= 0.6 is 11.3 Å². The van der Waals surface area contributed by atoms with Gasteiger partial charge in [-0.25, -0.2) is 23.7 Å². The number of amides is 1. The molecule has 4 rings (SSSR count). The fraction of sp³-hybridized carbons (Fsp3) is 0.0526. The molecule has 0 atom stereocenters. The highest BCUT2D eigenvalue weighted by atomic mass is 32.1. The van der Waals surface area contributed by atoms with Crippen LogP contribution in [0.1, 0.15) is 15.9 Å². The smallest absolute Gasteiger partial charge is 0.260 e. The molecule has 0 radical (unpaired) electrons. The summed E-state index contributed by atoms with van der Waals surface area (Å²) in [6, 6.07) is 9.55. The Balaban J connectivity index is 1.76. The number of fused-ring (bicyclic) bond motifs is 1. The molecule has 0 aliphatic carbocycles. The Labute approximate surface area is 157 Å². The zero-order valence-corrected chi connectivity index (χ0v) is 14.7. The number of rotatable bonds is 4. The molecule has 0 aliphatic heterocycles. The van der Waals surface area contributed by atoms with E-state index in [1.807, 2.05) is 0 Å². The molecule has 0 unspecified atom stereocenters. The van der Waals surface area contributed by atoms with E-state index in [-0.39, 0.29) is 18.3 Å². The second-order valence-electron chi connectivity index (χ2n) is 5.75. The molecule has 2 aromatic heterocycles. The van der Waals surface area contributed by atoms with E-state index in [2.05, 4.69) is 15.0 Å². The summed E-state index contributed by atoms with van der Waals surface area (Å²) in [6.45, 7) is 0.180. The van der Waals surface area contributed by atoms with Crippen molar-refractivity contribution >= 4 is 32.6 Å². The molecule has 4 aromatic rings. The van der Waals surface area contributed by atoms with Crippen LogP contribution in [-0.4, -0.2) is 20.9 Å². The van der Waals surface area contributed by atoms with E-state index < -0.39 is 5.82 Å². The highest BCUT2D eigenvalue weighted by Crippen LogP contribution is 2.31. The van der Waals surface area contributed by atoms with E-state index in [0.29, 0.717) is 26.5 Å². The van der Waals surface area contributed by atoms with E-state index in [4.69, 9.17) is 0 Å². The number of benzene rings is 2. The van der Waals surface area contributed by atoms with Crippen LogP contribution in [0.3, 0.4) is 0 Å². The van der Waals surface area contributed by atoms with Crippen molar-refractivity contribution in [1.82, 2.24) is 15.0 Å². The summed E-state index contributed by atoms with van der Waals surface area (Å²) in [5.41, 5.74) is 1.62. The molecule has 0 saturated carbocycles. The molecule has 8 heteroatoms. The van der Waals surface area contributed by atoms with Crippen LogP contribution in [0.25, 0.3) is 10.2 Å². The van der Waals surface area contributed by atoms with Crippen molar-refractivity contribution in [3.05, 3.63) is 83.9 Å². The first-order valence-electron chi connectivity index (χ1n) is 7.97. The van der Waals surface area contributed by atoms with Crippen molar-refractivity contribution in [2.24, 2.45) is 0 Å². The van der Waals surface area contributed by atoms with Gasteiger partial charge in [-0.3, -0.25) is 9.69 Å². The Bertz CT molecular complexity index is 1100. The number of hydrogen-bond acceptors (Lipinski definition) is 5. The molecule has 2 aromatic carbocycles. The van der Waals surface area contributed by atoms with Gasteiger partial charge >= 0.3 is 0 Å². The normalized spacial score (nSPS) is 10.9. The lowest BCUT2D eigenvalue weighted by Crippen LogP contribution is -2.30. The summed E-state index contributed by atoms with van der Waals surface area (Å²) in [5, 5.41) is 0.411. The molecule has 2 heterocycles. The maximum absolute atomic E-state index is 13.5. The monoisotopic (exact) mass is 382 g/mol. The van der Waals surface area contributed by atoms with Gasteiger partial charge in [0.15, 0.2) is 5.13 Å². The fourth-order valence-corrected chi connectivity index (χ4v) is 3.56. The summed E-state index contributed by atoms with van der Waals surface area (Å²) in [4.78, 5) is 26.9. The third-order valence-electron chi connectivity index (χ3n) is 3.86. The number of carbonyl (C=O) groups is 1. The van der Waals surface area contributed by atoms with Crippen LogP contribution in [0, 0.1) is 11.6 Å². The average molecular weight is 382 g/mol. The Kier molecular flexibility index (Phi) is 4.55. The minimum atomic E-state index is -0.426. The van der Waals surface area contributed by atoms with Gasteiger partial charge in [0, 0.05) is 23.5 Å². The summed E-state index contributed by atoms with van der Waals surface area (Å²) in [5.74, 6) is -1.14. The summed E-state index contributed by atoms with van der Waals surface area (Å²) < 4.78 is 27.3. The van der Waals surface area contributed by atoms with Crippen LogP contribution in [0.2, 0.25) is 0 Å². The fourth-order valence-electron chi connectivity index (χ4n) is 2.57. The highest BCUT2D eigenvalue weighted by molar-refractivity contribution is 7.22. The van der Waals surface area contributed by atoms with Gasteiger partial charge in [-0.05, 0) is 42.5 Å². The van der Waals surface area contributed by atoms with Crippen LogP contribution in [0.4, 0.5) is 13.9 Å². The molecule has 0 spiro atoms. The second kappa shape index (κ2) is 7.16. The van der Waals surface area contributed by atoms with Gasteiger partial charge in [0.05, 0.1) is 16.8 Å². The van der Waals surface area contributed by atoms with E-state index in [1.54, 1.807) is 18.5 Å². The Hall–Kier alpha value is -3.26. The Morgan fingerprint density at radius 1 is 1.00 bits per heavy atom. The predicted molar refractivity (Wildman–Crippen MR) is 98.5 cm³/mol. The maximum Gasteiger partial charge on any atom is 0.260 e. The van der Waals surface area contributed by atoms with E-state index >= 15 is 0 Å². The van der Waals surface area contributed by atoms with E-state index in [1.165, 1.54) is 59.0 Å². The highest BCUT2D eigenvalue weighted by Gasteiger charge is 2.22. The van der Waals surface area contributed by atoms with E-state index in [9.17, 15) is 13.6 Å². The lowest BCUT2D eigenvalue weighted by Gasteiger charge is -2.19. The molecule has 0 fully saturated rings. The lowest BCUT2D eigenvalue weighted by molar-refractivity contribution is 0.0985. The minimum absolute atomic E-state index is 0.180. The van der Waals surface area contributed by atoms with Crippen LogP contribution in [0.15, 0.2) is 61.2 Å². The number of nitrogens with zero attached hydrogens (tertiary/aromatic N) is 4. The Morgan fingerprint density at radius 2 is 1.70 bits per heavy atom. The summed E-state index contributed by atoms with van der Waals surface area (Å²) in [7, 11) is 0. The summed E-state index contributed by atoms with van der Waals surface area (Å²) >= 11 is 1.20. The van der Waals surface area contributed by atoms with Gasteiger partial charge in [0.2, 0.25) is 0 Å². The molecule has 1 amide bonds. The third-order valence-corrected chi connectivity index (χ3v) is 4.90. The first-order chi connectivity index (χ1) is 13.1. The standard InChI is InChI=1S/C19H12F2N4OS/c20-14-3-1-13(2-4-14)18(26)25(10-12-8-22-11-23-9-12)19-24-16-6-5-15(21)7-17(16)27-19/h1-9,11H,10H2. The van der Waals surface area contributed by atoms with Crippen molar-refractivity contribution in [2.75, 3.05) is 4.90 Å². The van der Waals surface area contributed by atoms with Gasteiger partial charge in [0.1, 0.15) is 18.0 Å². The van der Waals surface area contributed by atoms with Crippen LogP contribution < -0.4 is 4.90 Å². The number of thiazole rings is 1. The van der Waals surface area contributed by atoms with Gasteiger partial charge in [-0.2, -0.15) is 0 Å². The number of carbonyl (C=O) groups excluding carboxylic acids is 1. The first-order valence-corrected chi connectivity index (χ1v) is 8.79. The van der Waals surface area contributed by atoms with Gasteiger partial charge in [-0.15, -0.1) is 0 Å². The molecule has 27 heavy (non-hydrogen) atoms. The van der Waals surface area contributed by atoms with Crippen molar-refractivity contribution < 1.29 is 13.6 Å². The largest absolute Gasteiger partial charge is 0.279 e. The zero-order valence-electron chi connectivity index (χ0n) is 13.8. The summed E-state index contributed by atoms with van der Waals surface area (Å²) in [6.07, 6.45) is 4.60. The number of anilines is 1. The topological polar surface area (TPSA) is 59.0 Å². The van der Waals surface area contributed by atoms with Crippen molar-refractivity contribution in [2.45, 2.75) is 6.54 Å². The molecule has 134 valence electrons. The molecule has 0 saturated heterocycles. The minimum Gasteiger partial charge on any atom is -0.279 e. The van der Waals surface area contributed by atoms with Gasteiger partial charge in [-0.1, -0.05) is 11.3 Å².